The van der Waals surface area contributed by atoms with Gasteiger partial charge in [0.05, 0.1) is 35.9 Å². The molecule has 4 aromatic rings. The highest BCUT2D eigenvalue weighted by atomic mass is 19.1. The van der Waals surface area contributed by atoms with Crippen molar-refractivity contribution >= 4 is 16.9 Å². The van der Waals surface area contributed by atoms with Crippen molar-refractivity contribution < 1.29 is 18.3 Å². The summed E-state index contributed by atoms with van der Waals surface area (Å²) in [7, 11) is 0. The molecule has 0 radical (unpaired) electrons. The number of halogens is 2. The number of fused-ring (bicyclic) bond motifs is 1. The van der Waals surface area contributed by atoms with Crippen LogP contribution in [0.1, 0.15) is 23.0 Å². The molecule has 0 fully saturated rings. The van der Waals surface area contributed by atoms with Gasteiger partial charge in [-0.3, -0.25) is 14.9 Å². The molecule has 30 heavy (non-hydrogen) atoms. The molecule has 1 N–H and O–H groups in total. The zero-order valence-corrected chi connectivity index (χ0v) is 15.9. The lowest BCUT2D eigenvalue weighted by Gasteiger charge is -2.14. The summed E-state index contributed by atoms with van der Waals surface area (Å²) < 4.78 is 35.2. The fourth-order valence-electron chi connectivity index (χ4n) is 3.20. The number of pyridine rings is 2. The monoisotopic (exact) mass is 410 g/mol. The van der Waals surface area contributed by atoms with Gasteiger partial charge < -0.3 is 9.30 Å². The van der Waals surface area contributed by atoms with Gasteiger partial charge >= 0.3 is 5.97 Å². The average Bonchev–Trinajstić information content (AvgIpc) is 3.27. The molecule has 0 amide bonds. The number of hydrogen-bond acceptors (Lipinski definition) is 5. The van der Waals surface area contributed by atoms with Crippen molar-refractivity contribution in [2.45, 2.75) is 13.5 Å². The molecular formula is C21H16F2N4O3. The zero-order chi connectivity index (χ0) is 21.3. The lowest BCUT2D eigenvalue weighted by atomic mass is 10.1. The molecule has 9 heteroatoms. The fourth-order valence-corrected chi connectivity index (χ4v) is 3.20. The highest BCUT2D eigenvalue weighted by Gasteiger charge is 2.21. The minimum absolute atomic E-state index is 0.00915. The van der Waals surface area contributed by atoms with Gasteiger partial charge in [0.2, 0.25) is 5.43 Å². The van der Waals surface area contributed by atoms with Crippen molar-refractivity contribution in [3.63, 3.8) is 0 Å². The Morgan fingerprint density at radius 1 is 1.13 bits per heavy atom. The molecule has 1 aromatic carbocycles. The van der Waals surface area contributed by atoms with E-state index in [4.69, 9.17) is 4.74 Å². The van der Waals surface area contributed by atoms with Crippen molar-refractivity contribution in [1.82, 2.24) is 19.7 Å². The first kappa shape index (κ1) is 19.4. The lowest BCUT2D eigenvalue weighted by molar-refractivity contribution is 0.0524. The number of benzene rings is 1. The number of carbonyl (C=O) groups excluding carboxylic acids is 1. The minimum atomic E-state index is -0.917. The van der Waals surface area contributed by atoms with E-state index in [2.05, 4.69) is 15.2 Å². The molecule has 0 saturated heterocycles. The van der Waals surface area contributed by atoms with Crippen LogP contribution < -0.4 is 5.43 Å². The van der Waals surface area contributed by atoms with Gasteiger partial charge in [-0.1, -0.05) is 6.07 Å². The summed E-state index contributed by atoms with van der Waals surface area (Å²) >= 11 is 0. The summed E-state index contributed by atoms with van der Waals surface area (Å²) in [4.78, 5) is 29.2. The molecule has 0 aliphatic carbocycles. The van der Waals surface area contributed by atoms with E-state index in [0.29, 0.717) is 5.69 Å². The maximum atomic E-state index is 14.6. The number of hydrogen-bond donors (Lipinski definition) is 1. The number of rotatable bonds is 5. The molecule has 0 unspecified atom stereocenters. The number of carbonyl (C=O) groups is 1. The molecule has 0 spiro atoms. The van der Waals surface area contributed by atoms with Crippen LogP contribution >= 0.6 is 0 Å². The first-order valence-electron chi connectivity index (χ1n) is 9.12. The molecule has 3 heterocycles. The third-order valence-electron chi connectivity index (χ3n) is 4.61. The van der Waals surface area contributed by atoms with Crippen LogP contribution in [0.3, 0.4) is 0 Å². The normalized spacial score (nSPS) is 11.0. The third kappa shape index (κ3) is 3.45. The quantitative estimate of drug-likeness (QED) is 0.510. The molecule has 0 aliphatic rings. The molecule has 0 atom stereocenters. The van der Waals surface area contributed by atoms with Crippen LogP contribution in [0.15, 0.2) is 53.8 Å². The number of aromatic nitrogens is 4. The summed E-state index contributed by atoms with van der Waals surface area (Å²) in [6.07, 6.45) is 6.16. The maximum absolute atomic E-state index is 14.6. The summed E-state index contributed by atoms with van der Waals surface area (Å²) in [6.45, 7) is 1.64. The second-order valence-electron chi connectivity index (χ2n) is 6.50. The molecule has 0 aliphatic heterocycles. The van der Waals surface area contributed by atoms with Crippen LogP contribution in [0.5, 0.6) is 0 Å². The number of esters is 1. The lowest BCUT2D eigenvalue weighted by Crippen LogP contribution is -2.22. The maximum Gasteiger partial charge on any atom is 0.343 e. The highest BCUT2D eigenvalue weighted by molar-refractivity contribution is 5.94. The Morgan fingerprint density at radius 3 is 2.60 bits per heavy atom. The van der Waals surface area contributed by atoms with Crippen LogP contribution in [-0.2, 0) is 11.3 Å². The van der Waals surface area contributed by atoms with Gasteiger partial charge in [0, 0.05) is 29.7 Å². The fraction of sp³-hybridized carbons (Fsp3) is 0.143. The number of ether oxygens (including phenoxy) is 1. The molecule has 0 bridgehead atoms. The van der Waals surface area contributed by atoms with Crippen molar-refractivity contribution in [3.8, 4) is 11.1 Å². The van der Waals surface area contributed by atoms with E-state index in [9.17, 15) is 18.4 Å². The van der Waals surface area contributed by atoms with Crippen LogP contribution in [0.4, 0.5) is 8.78 Å². The van der Waals surface area contributed by atoms with E-state index < -0.39 is 28.4 Å². The zero-order valence-electron chi connectivity index (χ0n) is 15.9. The molecular weight excluding hydrogens is 394 g/mol. The van der Waals surface area contributed by atoms with Crippen molar-refractivity contribution in [3.05, 3.63) is 82.2 Å². The molecule has 0 saturated carbocycles. The molecule has 152 valence electrons. The number of H-pyrrole nitrogens is 1. The summed E-state index contributed by atoms with van der Waals surface area (Å²) in [6, 6.07) is 5.32. The first-order chi connectivity index (χ1) is 14.5. The van der Waals surface area contributed by atoms with E-state index in [0.717, 1.165) is 23.3 Å². The van der Waals surface area contributed by atoms with Gasteiger partial charge in [0.15, 0.2) is 0 Å². The summed E-state index contributed by atoms with van der Waals surface area (Å²) in [5.74, 6) is -2.60. The Kier molecular flexibility index (Phi) is 5.09. The largest absolute Gasteiger partial charge is 0.462 e. The van der Waals surface area contributed by atoms with Crippen LogP contribution in [0.25, 0.3) is 22.0 Å². The van der Waals surface area contributed by atoms with Gasteiger partial charge in [-0.25, -0.2) is 13.6 Å². The van der Waals surface area contributed by atoms with Gasteiger partial charge in [-0.15, -0.1) is 0 Å². The molecule has 3 aromatic heterocycles. The van der Waals surface area contributed by atoms with Crippen LogP contribution in [0.2, 0.25) is 0 Å². The van der Waals surface area contributed by atoms with Gasteiger partial charge in [0.1, 0.15) is 17.2 Å². The molecule has 4 rings (SSSR count). The van der Waals surface area contributed by atoms with Gasteiger partial charge in [-0.05, 0) is 25.1 Å². The van der Waals surface area contributed by atoms with E-state index in [-0.39, 0.29) is 24.2 Å². The van der Waals surface area contributed by atoms with E-state index in [1.54, 1.807) is 37.6 Å². The number of aromatic amines is 1. The number of nitrogens with zero attached hydrogens (tertiary/aromatic N) is 3. The Hall–Kier alpha value is -3.88. The second kappa shape index (κ2) is 7.86. The Morgan fingerprint density at radius 2 is 1.93 bits per heavy atom. The number of nitrogens with one attached hydrogen (secondary N) is 1. The van der Waals surface area contributed by atoms with Crippen molar-refractivity contribution in [1.29, 1.82) is 0 Å². The Balaban J connectivity index is 1.83. The average molecular weight is 410 g/mol. The topological polar surface area (TPSA) is 89.9 Å². The van der Waals surface area contributed by atoms with Crippen LogP contribution in [0, 0.1) is 11.6 Å². The van der Waals surface area contributed by atoms with E-state index >= 15 is 0 Å². The summed E-state index contributed by atoms with van der Waals surface area (Å²) in [5, 5.41) is 6.09. The SMILES string of the molecule is CCOC(=O)c1cn(Cc2ccc(-c3cn[nH]c3)cn2)c2c(F)ccc(F)c2c1=O. The smallest absolute Gasteiger partial charge is 0.343 e. The van der Waals surface area contributed by atoms with Gasteiger partial charge in [-0.2, -0.15) is 5.10 Å². The van der Waals surface area contributed by atoms with E-state index in [1.165, 1.54) is 10.8 Å². The standard InChI is InChI=1S/C21H16F2N4O3/c1-2-30-21(29)15-11-27(19-17(23)6-5-16(22)18(19)20(15)28)10-14-4-3-12(7-24-14)13-8-25-26-9-13/h3-9,11H,2,10H2,1H3,(H,25,26). The first-order valence-corrected chi connectivity index (χ1v) is 9.12. The Labute approximate surface area is 169 Å². The predicted octanol–water partition coefficient (Wildman–Crippen LogP) is 3.29. The highest BCUT2D eigenvalue weighted by Crippen LogP contribution is 2.22. The molecule has 7 nitrogen and oxygen atoms in total. The van der Waals surface area contributed by atoms with Crippen LogP contribution in [-0.4, -0.2) is 32.3 Å². The minimum Gasteiger partial charge on any atom is -0.462 e. The van der Waals surface area contributed by atoms with Crippen molar-refractivity contribution in [2.75, 3.05) is 6.61 Å². The summed E-state index contributed by atoms with van der Waals surface area (Å²) in [5.41, 5.74) is 0.658. The second-order valence-corrected chi connectivity index (χ2v) is 6.50. The third-order valence-corrected chi connectivity index (χ3v) is 4.61. The van der Waals surface area contributed by atoms with Crippen molar-refractivity contribution in [2.24, 2.45) is 0 Å². The van der Waals surface area contributed by atoms with E-state index in [1.807, 2.05) is 0 Å². The Bertz CT molecular complexity index is 1280. The van der Waals surface area contributed by atoms with Gasteiger partial charge in [0.25, 0.3) is 0 Å². The predicted molar refractivity (Wildman–Crippen MR) is 105 cm³/mol.